The number of sulfonamides is 1. The highest BCUT2D eigenvalue weighted by Gasteiger charge is 2.29. The Bertz CT molecular complexity index is 1240. The number of ether oxygens (including phenoxy) is 3. The molecule has 0 aliphatic rings. The van der Waals surface area contributed by atoms with Gasteiger partial charge in [0.2, 0.25) is 10.0 Å². The zero-order chi connectivity index (χ0) is 23.5. The van der Waals surface area contributed by atoms with E-state index in [1.165, 1.54) is 27.6 Å². The number of halogens is 3. The number of nitrogens with one attached hydrogen (secondary N) is 2. The molecule has 1 aromatic heterocycles. The maximum Gasteiger partial charge on any atom is 0.422 e. The maximum atomic E-state index is 12.7. The van der Waals surface area contributed by atoms with Crippen molar-refractivity contribution in [3.05, 3.63) is 36.7 Å². The first-order valence-corrected chi connectivity index (χ1v) is 10.5. The molecule has 0 fully saturated rings. The quantitative estimate of drug-likeness (QED) is 0.514. The average molecular weight is 472 g/mol. The second-order valence-electron chi connectivity index (χ2n) is 6.34. The van der Waals surface area contributed by atoms with Crippen LogP contribution in [0.5, 0.6) is 17.2 Å². The van der Waals surface area contributed by atoms with E-state index in [0.717, 1.165) is 18.2 Å². The number of hydrogen-bond acceptors (Lipinski definition) is 8. The Hall–Kier alpha value is -3.32. The van der Waals surface area contributed by atoms with E-state index in [-0.39, 0.29) is 22.2 Å². The van der Waals surface area contributed by atoms with Crippen molar-refractivity contribution in [3.8, 4) is 17.2 Å². The number of alkyl halides is 3. The Kier molecular flexibility index (Phi) is 6.60. The summed E-state index contributed by atoms with van der Waals surface area (Å²) >= 11 is 0. The number of nitrogens with zero attached hydrogens (tertiary/aromatic N) is 2. The number of anilines is 2. The normalized spacial score (nSPS) is 11.9. The molecule has 0 aliphatic heterocycles. The Morgan fingerprint density at radius 2 is 1.69 bits per heavy atom. The predicted octanol–water partition coefficient (Wildman–Crippen LogP) is 3.24. The standard InChI is InChI=1S/C19H19F3N4O5S/c1-23-32(27,28)11-4-5-15(31-9-19(20,21)22)14(6-11)26-18-12-7-16(29-2)17(30-3)8-13(12)24-10-25-18/h4-8,10,23H,9H2,1-3H3,(H,24,25,26). The van der Waals surface area contributed by atoms with Gasteiger partial charge in [-0.15, -0.1) is 0 Å². The predicted molar refractivity (Wildman–Crippen MR) is 110 cm³/mol. The lowest BCUT2D eigenvalue weighted by Crippen LogP contribution is -2.20. The van der Waals surface area contributed by atoms with E-state index in [0.29, 0.717) is 22.4 Å². The van der Waals surface area contributed by atoms with Crippen LogP contribution in [0.25, 0.3) is 10.9 Å². The lowest BCUT2D eigenvalue weighted by atomic mass is 10.2. The van der Waals surface area contributed by atoms with Crippen molar-refractivity contribution in [3.63, 3.8) is 0 Å². The molecule has 13 heteroatoms. The first kappa shape index (κ1) is 23.3. The molecule has 0 radical (unpaired) electrons. The molecule has 0 bridgehead atoms. The number of benzene rings is 2. The molecular weight excluding hydrogens is 453 g/mol. The lowest BCUT2D eigenvalue weighted by Gasteiger charge is -2.17. The van der Waals surface area contributed by atoms with Gasteiger partial charge in [0.1, 0.15) is 17.9 Å². The van der Waals surface area contributed by atoms with E-state index in [9.17, 15) is 21.6 Å². The topological polar surface area (TPSA) is 112 Å². The van der Waals surface area contributed by atoms with Crippen molar-refractivity contribution in [1.29, 1.82) is 0 Å². The molecule has 0 aliphatic carbocycles. The summed E-state index contributed by atoms with van der Waals surface area (Å²) in [5.74, 6) is 0.760. The van der Waals surface area contributed by atoms with Crippen molar-refractivity contribution in [2.75, 3.05) is 33.2 Å². The van der Waals surface area contributed by atoms with Crippen molar-refractivity contribution in [2.45, 2.75) is 11.1 Å². The van der Waals surface area contributed by atoms with Crippen LogP contribution >= 0.6 is 0 Å². The van der Waals surface area contributed by atoms with Gasteiger partial charge in [-0.3, -0.25) is 0 Å². The molecule has 1 heterocycles. The first-order chi connectivity index (χ1) is 15.1. The number of fused-ring (bicyclic) bond motifs is 1. The molecule has 0 saturated carbocycles. The summed E-state index contributed by atoms with van der Waals surface area (Å²) < 4.78 is 80.0. The maximum absolute atomic E-state index is 12.7. The van der Waals surface area contributed by atoms with Crippen molar-refractivity contribution in [1.82, 2.24) is 14.7 Å². The SMILES string of the molecule is CNS(=O)(=O)c1ccc(OCC(F)(F)F)c(Nc2ncnc3cc(OC)c(OC)cc23)c1. The van der Waals surface area contributed by atoms with Crippen molar-refractivity contribution >= 4 is 32.4 Å². The molecule has 2 N–H and O–H groups in total. The summed E-state index contributed by atoms with van der Waals surface area (Å²) in [6, 6.07) is 6.59. The number of methoxy groups -OCH3 is 2. The van der Waals surface area contributed by atoms with Crippen LogP contribution in [0, 0.1) is 0 Å². The van der Waals surface area contributed by atoms with Gasteiger partial charge in [0.05, 0.1) is 30.3 Å². The summed E-state index contributed by atoms with van der Waals surface area (Å²) in [4.78, 5) is 8.11. The molecular formula is C19H19F3N4O5S. The zero-order valence-electron chi connectivity index (χ0n) is 17.1. The Labute approximate surface area is 181 Å². The highest BCUT2D eigenvalue weighted by molar-refractivity contribution is 7.89. The molecule has 3 rings (SSSR count). The Morgan fingerprint density at radius 1 is 1.00 bits per heavy atom. The molecule has 0 unspecified atom stereocenters. The van der Waals surface area contributed by atoms with Crippen molar-refractivity contribution in [2.24, 2.45) is 0 Å². The van der Waals surface area contributed by atoms with E-state index >= 15 is 0 Å². The molecule has 0 amide bonds. The molecule has 172 valence electrons. The van der Waals surface area contributed by atoms with Gasteiger partial charge in [-0.05, 0) is 31.3 Å². The van der Waals surface area contributed by atoms with Gasteiger partial charge in [0.25, 0.3) is 0 Å². The molecule has 9 nitrogen and oxygen atoms in total. The monoisotopic (exact) mass is 472 g/mol. The van der Waals surface area contributed by atoms with Crippen LogP contribution in [-0.4, -0.2) is 52.4 Å². The summed E-state index contributed by atoms with van der Waals surface area (Å²) in [5.41, 5.74) is 0.414. The van der Waals surface area contributed by atoms with E-state index in [1.54, 1.807) is 12.1 Å². The summed E-state index contributed by atoms with van der Waals surface area (Å²) in [6.45, 7) is -1.56. The molecule has 3 aromatic rings. The average Bonchev–Trinajstić information content (AvgIpc) is 2.76. The van der Waals surface area contributed by atoms with Crippen LogP contribution in [0.1, 0.15) is 0 Å². The largest absolute Gasteiger partial charge is 0.493 e. The minimum atomic E-state index is -4.58. The van der Waals surface area contributed by atoms with Crippen LogP contribution in [0.15, 0.2) is 41.6 Å². The van der Waals surface area contributed by atoms with Gasteiger partial charge >= 0.3 is 6.18 Å². The van der Waals surface area contributed by atoms with Gasteiger partial charge in [0.15, 0.2) is 18.1 Å². The van der Waals surface area contributed by atoms with Crippen LogP contribution in [0.2, 0.25) is 0 Å². The smallest absolute Gasteiger partial charge is 0.422 e. The third kappa shape index (κ3) is 5.11. The molecule has 0 saturated heterocycles. The first-order valence-electron chi connectivity index (χ1n) is 8.99. The zero-order valence-corrected chi connectivity index (χ0v) is 18.0. The van der Waals surface area contributed by atoms with Crippen LogP contribution in [0.3, 0.4) is 0 Å². The second-order valence-corrected chi connectivity index (χ2v) is 8.23. The summed E-state index contributed by atoms with van der Waals surface area (Å²) in [7, 11) is 0.245. The van der Waals surface area contributed by atoms with E-state index in [2.05, 4.69) is 20.0 Å². The minimum absolute atomic E-state index is 0.0413. The fourth-order valence-corrected chi connectivity index (χ4v) is 3.54. The summed E-state index contributed by atoms with van der Waals surface area (Å²) in [6.07, 6.45) is -3.35. The minimum Gasteiger partial charge on any atom is -0.493 e. The van der Waals surface area contributed by atoms with Gasteiger partial charge in [-0.25, -0.2) is 23.1 Å². The third-order valence-electron chi connectivity index (χ3n) is 4.32. The van der Waals surface area contributed by atoms with Gasteiger partial charge < -0.3 is 19.5 Å². The summed E-state index contributed by atoms with van der Waals surface area (Å²) in [5, 5.41) is 3.30. The van der Waals surface area contributed by atoms with Crippen LogP contribution < -0.4 is 24.2 Å². The second kappa shape index (κ2) is 9.04. The van der Waals surface area contributed by atoms with Crippen LogP contribution in [-0.2, 0) is 10.0 Å². The molecule has 0 spiro atoms. The molecule has 2 aromatic carbocycles. The highest BCUT2D eigenvalue weighted by atomic mass is 32.2. The number of aromatic nitrogens is 2. The highest BCUT2D eigenvalue weighted by Crippen LogP contribution is 2.37. The number of hydrogen-bond donors (Lipinski definition) is 2. The Morgan fingerprint density at radius 3 is 2.31 bits per heavy atom. The Balaban J connectivity index is 2.11. The van der Waals surface area contributed by atoms with Gasteiger partial charge in [-0.2, -0.15) is 13.2 Å². The van der Waals surface area contributed by atoms with E-state index < -0.39 is 22.8 Å². The van der Waals surface area contributed by atoms with Gasteiger partial charge in [0, 0.05) is 11.5 Å². The van der Waals surface area contributed by atoms with Crippen molar-refractivity contribution < 1.29 is 35.8 Å². The lowest BCUT2D eigenvalue weighted by molar-refractivity contribution is -0.153. The number of rotatable bonds is 8. The fraction of sp³-hybridized carbons (Fsp3) is 0.263. The van der Waals surface area contributed by atoms with Crippen LogP contribution in [0.4, 0.5) is 24.7 Å². The van der Waals surface area contributed by atoms with E-state index in [1.807, 2.05) is 0 Å². The molecule has 32 heavy (non-hydrogen) atoms. The fourth-order valence-electron chi connectivity index (χ4n) is 2.79. The van der Waals surface area contributed by atoms with Gasteiger partial charge in [-0.1, -0.05) is 0 Å². The third-order valence-corrected chi connectivity index (χ3v) is 5.73. The molecule has 0 atom stereocenters. The van der Waals surface area contributed by atoms with E-state index in [4.69, 9.17) is 14.2 Å².